The number of hydrogen-bond donors (Lipinski definition) is 0. The van der Waals surface area contributed by atoms with Crippen LogP contribution >= 0.6 is 0 Å². The Balaban J connectivity index is 1.72. The van der Waals surface area contributed by atoms with E-state index in [0.717, 1.165) is 41.0 Å². The summed E-state index contributed by atoms with van der Waals surface area (Å²) >= 11 is 0. The van der Waals surface area contributed by atoms with Gasteiger partial charge >= 0.3 is 6.18 Å². The molecule has 2 fully saturated rings. The molecule has 2 saturated carbocycles. The van der Waals surface area contributed by atoms with Crippen LogP contribution in [0.1, 0.15) is 49.4 Å². The highest BCUT2D eigenvalue weighted by molar-refractivity contribution is 5.84. The third kappa shape index (κ3) is 3.44. The van der Waals surface area contributed by atoms with Gasteiger partial charge in [0, 0.05) is 17.6 Å². The van der Waals surface area contributed by atoms with Crippen molar-refractivity contribution in [2.24, 2.45) is 0 Å². The van der Waals surface area contributed by atoms with Gasteiger partial charge in [0.15, 0.2) is 0 Å². The number of anilines is 1. The minimum atomic E-state index is -4.42. The number of aromatic nitrogens is 2. The van der Waals surface area contributed by atoms with E-state index < -0.39 is 11.7 Å². The van der Waals surface area contributed by atoms with Crippen LogP contribution in [0.5, 0.6) is 5.75 Å². The highest BCUT2D eigenvalue weighted by Gasteiger charge is 2.42. The molecule has 1 aromatic carbocycles. The number of ether oxygens (including phenoxy) is 1. The Labute approximate surface area is 179 Å². The maximum Gasteiger partial charge on any atom is 0.416 e. The lowest BCUT2D eigenvalue weighted by Crippen LogP contribution is -2.28. The maximum atomic E-state index is 13.2. The lowest BCUT2D eigenvalue weighted by Gasteiger charge is -2.25. The molecule has 0 saturated heterocycles. The highest BCUT2D eigenvalue weighted by atomic mass is 19.4. The second-order valence-electron chi connectivity index (χ2n) is 8.59. The molecule has 2 aliphatic rings. The van der Waals surface area contributed by atoms with Gasteiger partial charge in [0.05, 0.1) is 35.3 Å². The Bertz CT molecular complexity index is 1130. The normalized spacial score (nSPS) is 16.7. The number of fused-ring (bicyclic) bond motifs is 1. The van der Waals surface area contributed by atoms with E-state index >= 15 is 0 Å². The average molecular weight is 429 g/mol. The summed E-state index contributed by atoms with van der Waals surface area (Å²) < 4.78 is 46.9. The van der Waals surface area contributed by atoms with Crippen molar-refractivity contribution < 1.29 is 17.9 Å². The number of benzene rings is 1. The van der Waals surface area contributed by atoms with E-state index in [1.165, 1.54) is 44.5 Å². The second kappa shape index (κ2) is 7.18. The van der Waals surface area contributed by atoms with Crippen molar-refractivity contribution in [3.8, 4) is 17.0 Å². The Morgan fingerprint density at radius 1 is 1.10 bits per heavy atom. The summed E-state index contributed by atoms with van der Waals surface area (Å²) in [5, 5.41) is 4.95. The highest BCUT2D eigenvalue weighted by Crippen LogP contribution is 2.46. The van der Waals surface area contributed by atoms with Crippen LogP contribution < -0.4 is 9.64 Å². The molecule has 0 spiro atoms. The number of pyridine rings is 1. The maximum absolute atomic E-state index is 13.2. The Morgan fingerprint density at radius 2 is 1.77 bits per heavy atom. The summed E-state index contributed by atoms with van der Waals surface area (Å²) in [5.74, 6) is 0.191. The van der Waals surface area contributed by atoms with E-state index in [4.69, 9.17) is 9.84 Å². The van der Waals surface area contributed by atoms with Gasteiger partial charge in [0.2, 0.25) is 0 Å². The molecule has 2 aliphatic carbocycles. The zero-order valence-corrected chi connectivity index (χ0v) is 18.0. The lowest BCUT2D eigenvalue weighted by atomic mass is 10.0. The Kier molecular flexibility index (Phi) is 4.68. The van der Waals surface area contributed by atoms with E-state index in [9.17, 15) is 13.2 Å². The molecule has 2 aromatic heterocycles. The van der Waals surface area contributed by atoms with Gasteiger partial charge in [-0.15, -0.1) is 0 Å². The summed E-state index contributed by atoms with van der Waals surface area (Å²) in [6.07, 6.45) is 1.23. The molecular formula is C24H26F3N3O. The van der Waals surface area contributed by atoms with E-state index in [0.29, 0.717) is 17.6 Å². The van der Waals surface area contributed by atoms with Gasteiger partial charge in [0.1, 0.15) is 5.75 Å². The van der Waals surface area contributed by atoms with E-state index in [-0.39, 0.29) is 5.75 Å². The summed E-state index contributed by atoms with van der Waals surface area (Å²) in [4.78, 5) is 2.57. The lowest BCUT2D eigenvalue weighted by molar-refractivity contribution is -0.137. The van der Waals surface area contributed by atoms with Gasteiger partial charge in [0.25, 0.3) is 0 Å². The zero-order valence-electron chi connectivity index (χ0n) is 18.0. The SMILES string of the molecule is CCc1nn2c(-c3ccc(C(F)(F)F)cc3OC)ccc(C)c2c1N(C1CC1)C1CC1. The van der Waals surface area contributed by atoms with Crippen LogP contribution in [0.3, 0.4) is 0 Å². The Morgan fingerprint density at radius 3 is 2.32 bits per heavy atom. The average Bonchev–Trinajstić information content (AvgIpc) is 3.66. The molecule has 0 unspecified atom stereocenters. The molecule has 5 rings (SSSR count). The number of aryl methyl sites for hydroxylation is 2. The van der Waals surface area contributed by atoms with Gasteiger partial charge in [-0.25, -0.2) is 4.52 Å². The summed E-state index contributed by atoms with van der Waals surface area (Å²) in [5.41, 5.74) is 5.02. The Hall–Kier alpha value is -2.70. The summed E-state index contributed by atoms with van der Waals surface area (Å²) in [6, 6.07) is 8.76. The molecule has 7 heteroatoms. The van der Waals surface area contributed by atoms with Crippen LogP contribution in [0, 0.1) is 6.92 Å². The molecule has 0 N–H and O–H groups in total. The van der Waals surface area contributed by atoms with Gasteiger partial charge in [-0.1, -0.05) is 13.0 Å². The molecular weight excluding hydrogens is 403 g/mol. The summed E-state index contributed by atoms with van der Waals surface area (Å²) in [6.45, 7) is 4.18. The first-order valence-electron chi connectivity index (χ1n) is 10.9. The first kappa shape index (κ1) is 20.2. The fraction of sp³-hybridized carbons (Fsp3) is 0.458. The third-order valence-corrected chi connectivity index (χ3v) is 6.30. The van der Waals surface area contributed by atoms with Crippen LogP contribution in [0.2, 0.25) is 0 Å². The van der Waals surface area contributed by atoms with Crippen molar-refractivity contribution in [2.75, 3.05) is 12.0 Å². The zero-order chi connectivity index (χ0) is 21.9. The van der Waals surface area contributed by atoms with Crippen molar-refractivity contribution in [3.05, 3.63) is 47.2 Å². The fourth-order valence-electron chi connectivity index (χ4n) is 4.50. The minimum absolute atomic E-state index is 0.191. The fourth-order valence-corrected chi connectivity index (χ4v) is 4.50. The third-order valence-electron chi connectivity index (χ3n) is 6.30. The van der Waals surface area contributed by atoms with Gasteiger partial charge in [-0.05, 0) is 68.9 Å². The van der Waals surface area contributed by atoms with Crippen molar-refractivity contribution in [3.63, 3.8) is 0 Å². The molecule has 0 atom stereocenters. The number of methoxy groups -OCH3 is 1. The topological polar surface area (TPSA) is 29.8 Å². The summed E-state index contributed by atoms with van der Waals surface area (Å²) in [7, 11) is 1.40. The molecule has 0 bridgehead atoms. The molecule has 0 aliphatic heterocycles. The van der Waals surface area contributed by atoms with E-state index in [1.807, 2.05) is 16.6 Å². The monoisotopic (exact) mass is 429 g/mol. The molecule has 3 aromatic rings. The molecule has 31 heavy (non-hydrogen) atoms. The molecule has 2 heterocycles. The van der Waals surface area contributed by atoms with Crippen LogP contribution in [0.15, 0.2) is 30.3 Å². The van der Waals surface area contributed by atoms with Gasteiger partial charge in [-0.2, -0.15) is 18.3 Å². The van der Waals surface area contributed by atoms with Crippen molar-refractivity contribution in [1.29, 1.82) is 0 Å². The molecule has 164 valence electrons. The van der Waals surface area contributed by atoms with Gasteiger partial charge in [-0.3, -0.25) is 0 Å². The van der Waals surface area contributed by atoms with Crippen LogP contribution in [-0.4, -0.2) is 28.8 Å². The first-order valence-corrected chi connectivity index (χ1v) is 10.9. The van der Waals surface area contributed by atoms with Crippen molar-refractivity contribution >= 4 is 11.2 Å². The van der Waals surface area contributed by atoms with Crippen LogP contribution in [0.4, 0.5) is 18.9 Å². The standard InChI is InChI=1S/C24H26F3N3O/c1-4-19-23(29(16-7-8-16)17-9-10-17)22-14(2)5-12-20(30(22)28-19)18-11-6-15(24(25,26)27)13-21(18)31-3/h5-6,11-13,16-17H,4,7-10H2,1-3H3. The van der Waals surface area contributed by atoms with Gasteiger partial charge < -0.3 is 9.64 Å². The molecule has 0 amide bonds. The van der Waals surface area contributed by atoms with E-state index in [1.54, 1.807) is 0 Å². The van der Waals surface area contributed by atoms with Crippen molar-refractivity contribution in [2.45, 2.75) is 64.2 Å². The number of alkyl halides is 3. The van der Waals surface area contributed by atoms with Crippen molar-refractivity contribution in [1.82, 2.24) is 9.61 Å². The largest absolute Gasteiger partial charge is 0.496 e. The van der Waals surface area contributed by atoms with Crippen LogP contribution in [0.25, 0.3) is 16.8 Å². The number of rotatable bonds is 6. The van der Waals surface area contributed by atoms with Crippen LogP contribution in [-0.2, 0) is 12.6 Å². The predicted molar refractivity (Wildman–Crippen MR) is 115 cm³/mol. The molecule has 4 nitrogen and oxygen atoms in total. The minimum Gasteiger partial charge on any atom is -0.496 e. The van der Waals surface area contributed by atoms with E-state index in [2.05, 4.69) is 18.7 Å². The smallest absolute Gasteiger partial charge is 0.416 e. The number of halogens is 3. The first-order chi connectivity index (χ1) is 14.8. The predicted octanol–water partition coefficient (Wildman–Crippen LogP) is 6.03. The molecule has 0 radical (unpaired) electrons. The number of nitrogens with zero attached hydrogens (tertiary/aromatic N) is 3. The number of hydrogen-bond acceptors (Lipinski definition) is 3. The second-order valence-corrected chi connectivity index (χ2v) is 8.59. The quantitative estimate of drug-likeness (QED) is 0.479.